The lowest BCUT2D eigenvalue weighted by atomic mass is 10.2. The number of amides is 3. The quantitative estimate of drug-likeness (QED) is 0.654. The van der Waals surface area contributed by atoms with Gasteiger partial charge in [-0.1, -0.05) is 0 Å². The lowest BCUT2D eigenvalue weighted by molar-refractivity contribution is 0.113. The number of ether oxygens (including phenoxy) is 1. The van der Waals surface area contributed by atoms with Crippen LogP contribution >= 0.6 is 11.8 Å². The highest BCUT2D eigenvalue weighted by molar-refractivity contribution is 7.99. The smallest absolute Gasteiger partial charge is 0.418 e. The van der Waals surface area contributed by atoms with Gasteiger partial charge in [0, 0.05) is 11.5 Å². The van der Waals surface area contributed by atoms with Crippen LogP contribution in [0.5, 0.6) is 0 Å². The molecule has 2 saturated heterocycles. The van der Waals surface area contributed by atoms with E-state index in [2.05, 4.69) is 5.32 Å². The van der Waals surface area contributed by atoms with E-state index in [0.29, 0.717) is 6.61 Å². The molecule has 0 bridgehead atoms. The fourth-order valence-electron chi connectivity index (χ4n) is 1.73. The first-order chi connectivity index (χ1) is 6.74. The summed E-state index contributed by atoms with van der Waals surface area (Å²) in [6, 6.07) is -0.234. The minimum Gasteiger partial charge on any atom is -0.449 e. The normalized spacial score (nSPS) is 30.1. The van der Waals surface area contributed by atoms with Crippen LogP contribution in [0.2, 0.25) is 0 Å². The third-order valence-electron chi connectivity index (χ3n) is 2.37. The van der Waals surface area contributed by atoms with Crippen molar-refractivity contribution in [3.8, 4) is 0 Å². The molecule has 3 amide bonds. The van der Waals surface area contributed by atoms with Crippen LogP contribution in [0.1, 0.15) is 6.92 Å². The number of carbonyl (C=O) groups excluding carboxylic acids is 2. The van der Waals surface area contributed by atoms with Gasteiger partial charge in [0.1, 0.15) is 0 Å². The number of urea groups is 1. The molecule has 1 N–H and O–H groups in total. The van der Waals surface area contributed by atoms with Gasteiger partial charge in [-0.2, -0.15) is 11.8 Å². The van der Waals surface area contributed by atoms with Crippen molar-refractivity contribution >= 4 is 23.9 Å². The van der Waals surface area contributed by atoms with Crippen LogP contribution in [-0.4, -0.2) is 47.2 Å². The predicted molar refractivity (Wildman–Crippen MR) is 52.3 cm³/mol. The molecule has 2 aliphatic heterocycles. The Morgan fingerprint density at radius 1 is 1.71 bits per heavy atom. The summed E-state index contributed by atoms with van der Waals surface area (Å²) in [7, 11) is 0. The molecule has 2 rings (SSSR count). The van der Waals surface area contributed by atoms with Crippen LogP contribution in [0.25, 0.3) is 0 Å². The molecule has 14 heavy (non-hydrogen) atoms. The van der Waals surface area contributed by atoms with E-state index >= 15 is 0 Å². The van der Waals surface area contributed by atoms with E-state index in [9.17, 15) is 9.59 Å². The van der Waals surface area contributed by atoms with Crippen LogP contribution in [0.4, 0.5) is 9.59 Å². The topological polar surface area (TPSA) is 58.6 Å². The van der Waals surface area contributed by atoms with Crippen molar-refractivity contribution < 1.29 is 14.3 Å². The minimum atomic E-state index is -0.528. The second kappa shape index (κ2) is 3.68. The van der Waals surface area contributed by atoms with Crippen LogP contribution in [0.3, 0.4) is 0 Å². The van der Waals surface area contributed by atoms with E-state index in [1.165, 1.54) is 4.90 Å². The maximum atomic E-state index is 11.4. The molecule has 0 aromatic heterocycles. The van der Waals surface area contributed by atoms with E-state index < -0.39 is 6.09 Å². The van der Waals surface area contributed by atoms with Gasteiger partial charge < -0.3 is 10.1 Å². The minimum absolute atomic E-state index is 0.0217. The molecule has 0 unspecified atom stereocenters. The van der Waals surface area contributed by atoms with Gasteiger partial charge >= 0.3 is 12.1 Å². The Balaban J connectivity index is 2.09. The van der Waals surface area contributed by atoms with Crippen molar-refractivity contribution in [2.75, 3.05) is 18.1 Å². The molecule has 0 aromatic carbocycles. The first-order valence-electron chi connectivity index (χ1n) is 4.58. The Bertz CT molecular complexity index is 271. The molecule has 0 aliphatic carbocycles. The Labute approximate surface area is 86.2 Å². The first kappa shape index (κ1) is 9.64. The van der Waals surface area contributed by atoms with Gasteiger partial charge in [0.25, 0.3) is 0 Å². The Morgan fingerprint density at radius 3 is 3.21 bits per heavy atom. The van der Waals surface area contributed by atoms with Crippen molar-refractivity contribution in [2.24, 2.45) is 0 Å². The molecule has 0 radical (unpaired) electrons. The summed E-state index contributed by atoms with van der Waals surface area (Å²) in [6.07, 6.45) is -0.528. The van der Waals surface area contributed by atoms with Crippen molar-refractivity contribution in [1.29, 1.82) is 0 Å². The van der Waals surface area contributed by atoms with Gasteiger partial charge in [-0.25, -0.2) is 14.5 Å². The van der Waals surface area contributed by atoms with Crippen LogP contribution in [0.15, 0.2) is 0 Å². The third-order valence-corrected chi connectivity index (χ3v) is 3.55. The highest BCUT2D eigenvalue weighted by Gasteiger charge is 2.46. The fourth-order valence-corrected chi connectivity index (χ4v) is 3.04. The van der Waals surface area contributed by atoms with E-state index in [1.54, 1.807) is 18.7 Å². The largest absolute Gasteiger partial charge is 0.449 e. The van der Waals surface area contributed by atoms with Gasteiger partial charge in [0.15, 0.2) is 0 Å². The summed E-state index contributed by atoms with van der Waals surface area (Å²) in [5.74, 6) is 1.69. The lowest BCUT2D eigenvalue weighted by Crippen LogP contribution is -2.41. The molecule has 78 valence electrons. The highest BCUT2D eigenvalue weighted by Crippen LogP contribution is 2.28. The van der Waals surface area contributed by atoms with Crippen LogP contribution in [0, 0.1) is 0 Å². The highest BCUT2D eigenvalue weighted by atomic mass is 32.2. The molecule has 6 heteroatoms. The number of thioether (sulfide) groups is 1. The van der Waals surface area contributed by atoms with Gasteiger partial charge in [-0.3, -0.25) is 0 Å². The predicted octanol–water partition coefficient (Wildman–Crippen LogP) is 0.652. The zero-order valence-corrected chi connectivity index (χ0v) is 8.67. The maximum Gasteiger partial charge on any atom is 0.418 e. The van der Waals surface area contributed by atoms with Crippen molar-refractivity contribution in [3.05, 3.63) is 0 Å². The van der Waals surface area contributed by atoms with Gasteiger partial charge in [0.05, 0.1) is 18.7 Å². The maximum absolute atomic E-state index is 11.4. The second-order valence-corrected chi connectivity index (χ2v) is 4.30. The number of carbonyl (C=O) groups is 2. The Morgan fingerprint density at radius 2 is 2.50 bits per heavy atom. The van der Waals surface area contributed by atoms with Crippen molar-refractivity contribution in [1.82, 2.24) is 10.2 Å². The first-order valence-corrected chi connectivity index (χ1v) is 5.73. The number of fused-ring (bicyclic) bond motifs is 1. The van der Waals surface area contributed by atoms with E-state index in [1.807, 2.05) is 0 Å². The molecular weight excluding hydrogens is 204 g/mol. The Hall–Kier alpha value is -0.910. The molecular formula is C8H12N2O3S. The second-order valence-electron chi connectivity index (χ2n) is 3.23. The number of hydrogen-bond donors (Lipinski definition) is 1. The van der Waals surface area contributed by atoms with Crippen LogP contribution < -0.4 is 5.32 Å². The lowest BCUT2D eigenvalue weighted by Gasteiger charge is -2.18. The zero-order chi connectivity index (χ0) is 10.1. The average Bonchev–Trinajstić information content (AvgIpc) is 2.63. The van der Waals surface area contributed by atoms with Gasteiger partial charge in [0.2, 0.25) is 0 Å². The molecule has 0 saturated carbocycles. The summed E-state index contributed by atoms with van der Waals surface area (Å²) in [5.41, 5.74) is 0. The summed E-state index contributed by atoms with van der Waals surface area (Å²) in [6.45, 7) is 2.03. The van der Waals surface area contributed by atoms with Crippen molar-refractivity contribution in [2.45, 2.75) is 19.0 Å². The number of hydrogen-bond acceptors (Lipinski definition) is 4. The standard InChI is InChI=1S/C8H12N2O3S/c1-2-13-8(12)10-6-4-14-3-5(6)9-7(10)11/h5-6H,2-4H2,1H3,(H,9,11)/t5-,6+/m0/s1. The Kier molecular flexibility index (Phi) is 2.54. The fraction of sp³-hybridized carbons (Fsp3) is 0.750. The van der Waals surface area contributed by atoms with Crippen LogP contribution in [-0.2, 0) is 4.74 Å². The summed E-state index contributed by atoms with van der Waals surface area (Å²) < 4.78 is 4.82. The summed E-state index contributed by atoms with van der Waals surface area (Å²) >= 11 is 1.74. The molecule has 2 atom stereocenters. The molecule has 2 heterocycles. The number of rotatable bonds is 1. The monoisotopic (exact) mass is 216 g/mol. The molecule has 0 spiro atoms. The molecule has 5 nitrogen and oxygen atoms in total. The number of nitrogens with one attached hydrogen (secondary N) is 1. The molecule has 2 fully saturated rings. The van der Waals surface area contributed by atoms with Crippen molar-refractivity contribution in [3.63, 3.8) is 0 Å². The summed E-state index contributed by atoms with van der Waals surface area (Å²) in [4.78, 5) is 24.0. The van der Waals surface area contributed by atoms with Gasteiger partial charge in [-0.05, 0) is 6.92 Å². The SMILES string of the molecule is CCOC(=O)N1C(=O)N[C@H]2CSC[C@H]21. The molecule has 2 aliphatic rings. The van der Waals surface area contributed by atoms with E-state index in [-0.39, 0.29) is 18.1 Å². The number of nitrogens with zero attached hydrogens (tertiary/aromatic N) is 1. The average molecular weight is 216 g/mol. The van der Waals surface area contributed by atoms with Gasteiger partial charge in [-0.15, -0.1) is 0 Å². The zero-order valence-electron chi connectivity index (χ0n) is 7.86. The molecule has 0 aromatic rings. The van der Waals surface area contributed by atoms with E-state index in [0.717, 1.165) is 11.5 Å². The summed E-state index contributed by atoms with van der Waals surface area (Å²) in [5, 5.41) is 2.77. The number of imide groups is 1. The van der Waals surface area contributed by atoms with E-state index in [4.69, 9.17) is 4.74 Å². The third kappa shape index (κ3) is 1.43.